The van der Waals surface area contributed by atoms with Crippen LogP contribution in [-0.4, -0.2) is 19.5 Å². The molecule has 3 heterocycles. The van der Waals surface area contributed by atoms with E-state index >= 15 is 0 Å². The average Bonchev–Trinajstić information content (AvgIpc) is 3.05. The van der Waals surface area contributed by atoms with Crippen molar-refractivity contribution in [1.82, 2.24) is 19.5 Å². The van der Waals surface area contributed by atoms with Gasteiger partial charge < -0.3 is 9.99 Å². The highest BCUT2D eigenvalue weighted by atomic mass is 32.2. The Morgan fingerprint density at radius 1 is 1.44 bits per heavy atom. The Morgan fingerprint density at radius 2 is 2.33 bits per heavy atom. The summed E-state index contributed by atoms with van der Waals surface area (Å²) in [5.41, 5.74) is 5.79. The van der Waals surface area contributed by atoms with E-state index in [2.05, 4.69) is 27.3 Å². The van der Waals surface area contributed by atoms with E-state index in [1.807, 2.05) is 16.3 Å². The summed E-state index contributed by atoms with van der Waals surface area (Å²) in [6.45, 7) is 2.91. The summed E-state index contributed by atoms with van der Waals surface area (Å²) >= 11 is 1.83. The number of anilines is 1. The molecule has 3 N–H and O–H groups in total. The first-order valence-corrected chi connectivity index (χ1v) is 6.93. The lowest BCUT2D eigenvalue weighted by molar-refractivity contribution is 0.763. The van der Waals surface area contributed by atoms with Crippen molar-refractivity contribution < 1.29 is 0 Å². The van der Waals surface area contributed by atoms with Crippen LogP contribution in [0.4, 0.5) is 5.82 Å². The number of rotatable bonds is 3. The van der Waals surface area contributed by atoms with Crippen molar-refractivity contribution in [2.75, 3.05) is 5.43 Å². The van der Waals surface area contributed by atoms with Crippen LogP contribution < -0.4 is 11.3 Å². The molecule has 0 bridgehead atoms. The zero-order valence-corrected chi connectivity index (χ0v) is 10.9. The summed E-state index contributed by atoms with van der Waals surface area (Å²) in [5, 5.41) is 0. The van der Waals surface area contributed by atoms with Crippen LogP contribution >= 0.6 is 11.8 Å². The Labute approximate surface area is 109 Å². The predicted octanol–water partition coefficient (Wildman–Crippen LogP) is 1.39. The number of hydrogen-bond donors (Lipinski definition) is 2. The van der Waals surface area contributed by atoms with Crippen LogP contribution in [0.5, 0.6) is 0 Å². The minimum atomic E-state index is 0.684. The van der Waals surface area contributed by atoms with Crippen LogP contribution in [0.15, 0.2) is 12.5 Å². The van der Waals surface area contributed by atoms with E-state index in [0.29, 0.717) is 5.82 Å². The number of fused-ring (bicyclic) bond motifs is 1. The Morgan fingerprint density at radius 3 is 3.11 bits per heavy atom. The monoisotopic (exact) mass is 262 g/mol. The molecule has 1 aliphatic heterocycles. The maximum Gasteiger partial charge on any atom is 0.180 e. The molecule has 6 nitrogen and oxygen atoms in total. The summed E-state index contributed by atoms with van der Waals surface area (Å²) in [7, 11) is 0. The Balaban J connectivity index is 2.13. The van der Waals surface area contributed by atoms with Gasteiger partial charge in [-0.2, -0.15) is 11.8 Å². The number of nitrogens with zero attached hydrogens (tertiary/aromatic N) is 4. The number of thioether (sulfide) groups is 1. The third-order valence-corrected chi connectivity index (χ3v) is 3.97. The first-order valence-electron chi connectivity index (χ1n) is 5.78. The summed E-state index contributed by atoms with van der Waals surface area (Å²) < 4.78 is 2.02. The predicted molar refractivity (Wildman–Crippen MR) is 71.7 cm³/mol. The van der Waals surface area contributed by atoms with Crippen molar-refractivity contribution in [2.45, 2.75) is 25.0 Å². The molecule has 0 amide bonds. The zero-order chi connectivity index (χ0) is 12.5. The molecule has 0 atom stereocenters. The van der Waals surface area contributed by atoms with Crippen LogP contribution in [0, 0.1) is 0 Å². The molecule has 0 radical (unpaired) electrons. The van der Waals surface area contributed by atoms with Crippen molar-refractivity contribution in [2.24, 2.45) is 5.84 Å². The van der Waals surface area contributed by atoms with Crippen molar-refractivity contribution in [3.63, 3.8) is 0 Å². The van der Waals surface area contributed by atoms with Gasteiger partial charge in [0.1, 0.15) is 11.5 Å². The highest BCUT2D eigenvalue weighted by Crippen LogP contribution is 2.33. The molecule has 0 saturated carbocycles. The maximum atomic E-state index is 5.54. The van der Waals surface area contributed by atoms with Gasteiger partial charge in [0.05, 0.1) is 18.2 Å². The summed E-state index contributed by atoms with van der Waals surface area (Å²) in [6, 6.07) is 0. The van der Waals surface area contributed by atoms with Crippen molar-refractivity contribution in [3.8, 4) is 11.5 Å². The third-order valence-electron chi connectivity index (χ3n) is 3.00. The molecule has 1 aliphatic rings. The van der Waals surface area contributed by atoms with Gasteiger partial charge in [-0.1, -0.05) is 0 Å². The average molecular weight is 262 g/mol. The van der Waals surface area contributed by atoms with Crippen molar-refractivity contribution in [1.29, 1.82) is 0 Å². The molecule has 94 valence electrons. The van der Waals surface area contributed by atoms with E-state index < -0.39 is 0 Å². The fourth-order valence-electron chi connectivity index (χ4n) is 2.04. The Hall–Kier alpha value is -1.60. The van der Waals surface area contributed by atoms with Gasteiger partial charge in [-0.15, -0.1) is 0 Å². The fourth-order valence-corrected chi connectivity index (χ4v) is 3.09. The van der Waals surface area contributed by atoms with Gasteiger partial charge in [-0.25, -0.2) is 20.8 Å². The fraction of sp³-hybridized carbons (Fsp3) is 0.364. The van der Waals surface area contributed by atoms with Crippen molar-refractivity contribution in [3.05, 3.63) is 23.8 Å². The molecule has 0 aliphatic carbocycles. The number of hydrogen-bond acceptors (Lipinski definition) is 6. The third kappa shape index (κ3) is 1.75. The number of aryl methyl sites for hydroxylation is 1. The molecule has 0 unspecified atom stereocenters. The summed E-state index contributed by atoms with van der Waals surface area (Å²) in [5.74, 6) is 8.79. The van der Waals surface area contributed by atoms with Gasteiger partial charge in [0.2, 0.25) is 0 Å². The number of nitrogen functional groups attached to an aromatic ring is 1. The first kappa shape index (κ1) is 11.5. The topological polar surface area (TPSA) is 81.7 Å². The number of hydrazine groups is 1. The number of imidazole rings is 1. The second-order valence-electron chi connectivity index (χ2n) is 4.02. The van der Waals surface area contributed by atoms with Crippen LogP contribution in [-0.2, 0) is 18.1 Å². The molecule has 2 aromatic heterocycles. The molecular formula is C11H14N6S. The van der Waals surface area contributed by atoms with E-state index in [1.165, 1.54) is 0 Å². The first-order chi connectivity index (χ1) is 8.83. The van der Waals surface area contributed by atoms with Gasteiger partial charge in [-0.05, 0) is 6.92 Å². The molecule has 0 saturated heterocycles. The van der Waals surface area contributed by atoms with E-state index in [1.54, 1.807) is 12.5 Å². The summed E-state index contributed by atoms with van der Waals surface area (Å²) in [6.07, 6.45) is 3.57. The van der Waals surface area contributed by atoms with E-state index in [4.69, 9.17) is 5.84 Å². The SMILES string of the molecule is CCn1cncc1-c1nc2c(c(NN)n1)CSC2. The highest BCUT2D eigenvalue weighted by molar-refractivity contribution is 7.98. The smallest absolute Gasteiger partial charge is 0.180 e. The maximum absolute atomic E-state index is 5.54. The van der Waals surface area contributed by atoms with Crippen LogP contribution in [0.2, 0.25) is 0 Å². The highest BCUT2D eigenvalue weighted by Gasteiger charge is 2.20. The summed E-state index contributed by atoms with van der Waals surface area (Å²) in [4.78, 5) is 13.3. The molecule has 0 fully saturated rings. The molecule has 18 heavy (non-hydrogen) atoms. The van der Waals surface area contributed by atoms with Gasteiger partial charge in [0.15, 0.2) is 5.82 Å². The normalized spacial score (nSPS) is 13.7. The standard InChI is InChI=1S/C11H14N6S/c1-2-17-6-13-3-9(17)11-14-8-5-18-4-7(8)10(15-11)16-12/h3,6H,2,4-5,12H2,1H3,(H,14,15,16). The van der Waals surface area contributed by atoms with Crippen LogP contribution in [0.25, 0.3) is 11.5 Å². The molecule has 0 aromatic carbocycles. The molecule has 0 spiro atoms. The van der Waals surface area contributed by atoms with Crippen molar-refractivity contribution >= 4 is 17.6 Å². The molecule has 2 aromatic rings. The van der Waals surface area contributed by atoms with Gasteiger partial charge in [0, 0.05) is 23.6 Å². The second-order valence-corrected chi connectivity index (χ2v) is 5.01. The van der Waals surface area contributed by atoms with E-state index in [-0.39, 0.29) is 0 Å². The number of nitrogens with two attached hydrogens (primary N) is 1. The lowest BCUT2D eigenvalue weighted by Gasteiger charge is -2.09. The van der Waals surface area contributed by atoms with E-state index in [9.17, 15) is 0 Å². The largest absolute Gasteiger partial charge is 0.328 e. The minimum absolute atomic E-state index is 0.684. The van der Waals surface area contributed by atoms with Gasteiger partial charge >= 0.3 is 0 Å². The molecule has 7 heteroatoms. The second kappa shape index (κ2) is 4.58. The molecule has 3 rings (SSSR count). The number of aromatic nitrogens is 4. The Bertz CT molecular complexity index is 579. The lowest BCUT2D eigenvalue weighted by Crippen LogP contribution is -2.13. The zero-order valence-electron chi connectivity index (χ0n) is 10.1. The Kier molecular flexibility index (Phi) is 2.92. The van der Waals surface area contributed by atoms with Crippen LogP contribution in [0.3, 0.4) is 0 Å². The van der Waals surface area contributed by atoms with Gasteiger partial charge in [-0.3, -0.25) is 0 Å². The number of nitrogens with one attached hydrogen (secondary N) is 1. The quantitative estimate of drug-likeness (QED) is 0.642. The molecular weight excluding hydrogens is 248 g/mol. The lowest BCUT2D eigenvalue weighted by atomic mass is 10.2. The van der Waals surface area contributed by atoms with Gasteiger partial charge in [0.25, 0.3) is 0 Å². The van der Waals surface area contributed by atoms with Crippen LogP contribution in [0.1, 0.15) is 18.2 Å². The minimum Gasteiger partial charge on any atom is -0.328 e. The van der Waals surface area contributed by atoms with E-state index in [0.717, 1.165) is 40.8 Å².